The van der Waals surface area contributed by atoms with Crippen LogP contribution in [0.3, 0.4) is 0 Å². The van der Waals surface area contributed by atoms with Crippen LogP contribution in [0.15, 0.2) is 6.33 Å². The lowest BCUT2D eigenvalue weighted by Gasteiger charge is -2.10. The van der Waals surface area contributed by atoms with Crippen molar-refractivity contribution in [2.45, 2.75) is 20.0 Å². The molecule has 1 aromatic heterocycles. The second-order valence-electron chi connectivity index (χ2n) is 3.77. The SMILES string of the molecule is CNc1ncnc(NCCOC(C)C)c1[N+](=O)[O-]. The van der Waals surface area contributed by atoms with E-state index in [9.17, 15) is 10.1 Å². The van der Waals surface area contributed by atoms with Crippen LogP contribution < -0.4 is 10.6 Å². The van der Waals surface area contributed by atoms with E-state index in [0.717, 1.165) is 0 Å². The Balaban J connectivity index is 2.72. The smallest absolute Gasteiger partial charge is 0.353 e. The van der Waals surface area contributed by atoms with Crippen molar-refractivity contribution >= 4 is 17.3 Å². The maximum absolute atomic E-state index is 11.0. The standard InChI is InChI=1S/C10H17N5O3/c1-7(2)18-5-4-12-10-8(15(16)17)9(11-3)13-6-14-10/h6-7H,4-5H2,1-3H3,(H2,11,12,13,14). The molecule has 1 aromatic rings. The van der Waals surface area contributed by atoms with Gasteiger partial charge in [0.1, 0.15) is 6.33 Å². The zero-order valence-corrected chi connectivity index (χ0v) is 10.6. The number of nitro groups is 1. The van der Waals surface area contributed by atoms with Crippen molar-refractivity contribution in [3.63, 3.8) is 0 Å². The van der Waals surface area contributed by atoms with Gasteiger partial charge in [-0.25, -0.2) is 9.97 Å². The molecule has 1 heterocycles. The lowest BCUT2D eigenvalue weighted by atomic mass is 10.4. The second-order valence-corrected chi connectivity index (χ2v) is 3.77. The first-order valence-electron chi connectivity index (χ1n) is 5.58. The fourth-order valence-electron chi connectivity index (χ4n) is 1.33. The molecule has 0 spiro atoms. The molecule has 0 aromatic carbocycles. The van der Waals surface area contributed by atoms with E-state index in [4.69, 9.17) is 4.74 Å². The van der Waals surface area contributed by atoms with Crippen molar-refractivity contribution in [2.24, 2.45) is 0 Å². The van der Waals surface area contributed by atoms with E-state index in [1.165, 1.54) is 6.33 Å². The predicted molar refractivity (Wildman–Crippen MR) is 67.8 cm³/mol. The number of rotatable bonds is 7. The Bertz CT molecular complexity index is 410. The summed E-state index contributed by atoms with van der Waals surface area (Å²) < 4.78 is 5.33. The van der Waals surface area contributed by atoms with Crippen LogP contribution in [0.1, 0.15) is 13.8 Å². The average Bonchev–Trinajstić information content (AvgIpc) is 2.33. The van der Waals surface area contributed by atoms with Crippen molar-refractivity contribution in [3.8, 4) is 0 Å². The van der Waals surface area contributed by atoms with Gasteiger partial charge in [-0.3, -0.25) is 10.1 Å². The summed E-state index contributed by atoms with van der Waals surface area (Å²) >= 11 is 0. The lowest BCUT2D eigenvalue weighted by molar-refractivity contribution is -0.383. The van der Waals surface area contributed by atoms with Crippen LogP contribution in [0.2, 0.25) is 0 Å². The van der Waals surface area contributed by atoms with Crippen LogP contribution in [0, 0.1) is 10.1 Å². The van der Waals surface area contributed by atoms with Gasteiger partial charge in [0.25, 0.3) is 0 Å². The largest absolute Gasteiger partial charge is 0.377 e. The molecule has 0 radical (unpaired) electrons. The fourth-order valence-corrected chi connectivity index (χ4v) is 1.33. The molecule has 0 bridgehead atoms. The van der Waals surface area contributed by atoms with Gasteiger partial charge in [-0.1, -0.05) is 0 Å². The van der Waals surface area contributed by atoms with Gasteiger partial charge in [0.15, 0.2) is 0 Å². The summed E-state index contributed by atoms with van der Waals surface area (Å²) in [6.45, 7) is 4.74. The Morgan fingerprint density at radius 2 is 2.11 bits per heavy atom. The zero-order valence-electron chi connectivity index (χ0n) is 10.6. The van der Waals surface area contributed by atoms with Crippen molar-refractivity contribution in [2.75, 3.05) is 30.8 Å². The quantitative estimate of drug-likeness (QED) is 0.429. The molecule has 0 aliphatic carbocycles. The Morgan fingerprint density at radius 3 is 2.67 bits per heavy atom. The van der Waals surface area contributed by atoms with Crippen LogP contribution >= 0.6 is 0 Å². The average molecular weight is 255 g/mol. The highest BCUT2D eigenvalue weighted by molar-refractivity contribution is 5.68. The zero-order chi connectivity index (χ0) is 13.5. The normalized spacial score (nSPS) is 10.4. The van der Waals surface area contributed by atoms with Crippen molar-refractivity contribution in [3.05, 3.63) is 16.4 Å². The number of nitrogens with zero attached hydrogens (tertiary/aromatic N) is 3. The van der Waals surface area contributed by atoms with Crippen LogP contribution in [-0.2, 0) is 4.74 Å². The number of aromatic nitrogens is 2. The van der Waals surface area contributed by atoms with E-state index >= 15 is 0 Å². The third-order valence-electron chi connectivity index (χ3n) is 2.09. The molecule has 0 saturated heterocycles. The van der Waals surface area contributed by atoms with Crippen LogP contribution in [-0.4, -0.2) is 41.2 Å². The molecule has 0 amide bonds. The molecule has 0 aliphatic rings. The summed E-state index contributed by atoms with van der Waals surface area (Å²) in [5.41, 5.74) is -0.162. The molecule has 0 atom stereocenters. The first-order valence-corrected chi connectivity index (χ1v) is 5.58. The fraction of sp³-hybridized carbons (Fsp3) is 0.600. The van der Waals surface area contributed by atoms with Gasteiger partial charge < -0.3 is 15.4 Å². The first kappa shape index (κ1) is 14.1. The summed E-state index contributed by atoms with van der Waals surface area (Å²) in [6, 6.07) is 0. The number of nitrogens with one attached hydrogen (secondary N) is 2. The highest BCUT2D eigenvalue weighted by Gasteiger charge is 2.21. The molecule has 8 nitrogen and oxygen atoms in total. The second kappa shape index (κ2) is 6.70. The number of hydrogen-bond acceptors (Lipinski definition) is 7. The third-order valence-corrected chi connectivity index (χ3v) is 2.09. The van der Waals surface area contributed by atoms with E-state index in [2.05, 4.69) is 20.6 Å². The topological polar surface area (TPSA) is 102 Å². The van der Waals surface area contributed by atoms with E-state index in [-0.39, 0.29) is 23.4 Å². The summed E-state index contributed by atoms with van der Waals surface area (Å²) in [5.74, 6) is 0.369. The summed E-state index contributed by atoms with van der Waals surface area (Å²) in [6.07, 6.45) is 1.39. The molecule has 8 heteroatoms. The highest BCUT2D eigenvalue weighted by atomic mass is 16.6. The molecule has 0 aliphatic heterocycles. The van der Waals surface area contributed by atoms with Crippen LogP contribution in [0.25, 0.3) is 0 Å². The number of hydrogen-bond donors (Lipinski definition) is 2. The molecule has 0 fully saturated rings. The highest BCUT2D eigenvalue weighted by Crippen LogP contribution is 2.27. The lowest BCUT2D eigenvalue weighted by Crippen LogP contribution is -2.15. The molecule has 100 valence electrons. The van der Waals surface area contributed by atoms with Gasteiger partial charge in [-0.05, 0) is 13.8 Å². The van der Waals surface area contributed by atoms with Gasteiger partial charge in [-0.15, -0.1) is 0 Å². The van der Waals surface area contributed by atoms with Gasteiger partial charge in [0, 0.05) is 13.6 Å². The van der Waals surface area contributed by atoms with Crippen molar-refractivity contribution < 1.29 is 9.66 Å². The summed E-state index contributed by atoms with van der Waals surface area (Å²) in [4.78, 5) is 18.1. The number of ether oxygens (including phenoxy) is 1. The Kier molecular flexibility index (Phi) is 5.25. The van der Waals surface area contributed by atoms with Gasteiger partial charge in [0.2, 0.25) is 11.6 Å². The summed E-state index contributed by atoms with van der Waals surface area (Å²) in [5, 5.41) is 16.5. The summed E-state index contributed by atoms with van der Waals surface area (Å²) in [7, 11) is 1.57. The predicted octanol–water partition coefficient (Wildman–Crippen LogP) is 1.26. The number of anilines is 2. The van der Waals surface area contributed by atoms with E-state index in [1.54, 1.807) is 7.05 Å². The molecule has 0 saturated carbocycles. The molecular weight excluding hydrogens is 238 g/mol. The van der Waals surface area contributed by atoms with E-state index in [0.29, 0.717) is 13.2 Å². The van der Waals surface area contributed by atoms with E-state index < -0.39 is 4.92 Å². The third kappa shape index (κ3) is 3.81. The van der Waals surface area contributed by atoms with Gasteiger partial charge in [0.05, 0.1) is 17.6 Å². The maximum atomic E-state index is 11.0. The van der Waals surface area contributed by atoms with E-state index in [1.807, 2.05) is 13.8 Å². The molecule has 2 N–H and O–H groups in total. The minimum atomic E-state index is -0.516. The Morgan fingerprint density at radius 1 is 1.44 bits per heavy atom. The van der Waals surface area contributed by atoms with Crippen molar-refractivity contribution in [1.82, 2.24) is 9.97 Å². The molecule has 18 heavy (non-hydrogen) atoms. The van der Waals surface area contributed by atoms with Crippen LogP contribution in [0.5, 0.6) is 0 Å². The first-order chi connectivity index (χ1) is 8.56. The Labute approximate surface area is 105 Å². The van der Waals surface area contributed by atoms with Gasteiger partial charge >= 0.3 is 5.69 Å². The molecule has 0 unspecified atom stereocenters. The minimum absolute atomic E-state index is 0.125. The van der Waals surface area contributed by atoms with Crippen molar-refractivity contribution in [1.29, 1.82) is 0 Å². The Hall–Kier alpha value is -1.96. The van der Waals surface area contributed by atoms with Crippen LogP contribution in [0.4, 0.5) is 17.3 Å². The minimum Gasteiger partial charge on any atom is -0.377 e. The van der Waals surface area contributed by atoms with Gasteiger partial charge in [-0.2, -0.15) is 0 Å². The monoisotopic (exact) mass is 255 g/mol. The molecule has 1 rings (SSSR count). The molecular formula is C10H17N5O3. The maximum Gasteiger partial charge on any atom is 0.353 e.